The molecule has 0 amide bonds. The third-order valence-electron chi connectivity index (χ3n) is 1.68. The number of amidine groups is 2. The fraction of sp³-hybridized carbons (Fsp3) is 0.778. The highest BCUT2D eigenvalue weighted by Crippen LogP contribution is 1.91. The van der Waals surface area contributed by atoms with Gasteiger partial charge in [0.2, 0.25) is 5.84 Å². The maximum absolute atomic E-state index is 4.25. The first-order chi connectivity index (χ1) is 5.91. The van der Waals surface area contributed by atoms with E-state index in [2.05, 4.69) is 14.5 Å². The first kappa shape index (κ1) is 11.9. The molecule has 13 heavy (non-hydrogen) atoms. The average Bonchev–Trinajstić information content (AvgIpc) is 1.97. The van der Waals surface area contributed by atoms with Crippen molar-refractivity contribution in [3.05, 3.63) is 0 Å². The molecule has 0 atom stereocenters. The van der Waals surface area contributed by atoms with E-state index >= 15 is 0 Å². The highest BCUT2D eigenvalue weighted by atomic mass is 15.3. The number of hydrogen-bond acceptors (Lipinski definition) is 1. The Morgan fingerprint density at radius 2 is 1.46 bits per heavy atom. The van der Waals surface area contributed by atoms with E-state index in [-0.39, 0.29) is 0 Å². The predicted octanol–water partition coefficient (Wildman–Crippen LogP) is -0.191. The third kappa shape index (κ3) is 3.05. The van der Waals surface area contributed by atoms with Gasteiger partial charge in [-0.25, -0.2) is 0 Å². The van der Waals surface area contributed by atoms with Crippen molar-refractivity contribution in [3.8, 4) is 0 Å². The van der Waals surface area contributed by atoms with Crippen LogP contribution >= 0.6 is 0 Å². The maximum Gasteiger partial charge on any atom is 0.314 e. The second kappa shape index (κ2) is 4.84. The molecular formula is C9H21N4+. The minimum atomic E-state index is 0.981. The Bertz CT molecular complexity index is 222. The molecule has 4 heteroatoms. The molecule has 0 aliphatic rings. The monoisotopic (exact) mass is 185 g/mol. The predicted molar refractivity (Wildman–Crippen MR) is 57.8 cm³/mol. The summed E-state index contributed by atoms with van der Waals surface area (Å²) in [7, 11) is 13.9. The van der Waals surface area contributed by atoms with E-state index in [4.69, 9.17) is 0 Å². The van der Waals surface area contributed by atoms with Crippen LogP contribution in [0.15, 0.2) is 4.99 Å². The lowest BCUT2D eigenvalue weighted by Crippen LogP contribution is -2.43. The number of aliphatic imine (C=N–C) groups is 1. The summed E-state index contributed by atoms with van der Waals surface area (Å²) in [4.78, 5) is 8.32. The van der Waals surface area contributed by atoms with Crippen molar-refractivity contribution in [2.45, 2.75) is 0 Å². The van der Waals surface area contributed by atoms with Crippen LogP contribution in [0.4, 0.5) is 0 Å². The van der Waals surface area contributed by atoms with Crippen LogP contribution in [0.3, 0.4) is 0 Å². The van der Waals surface area contributed by atoms with Crippen molar-refractivity contribution in [2.75, 3.05) is 49.3 Å². The Hall–Kier alpha value is -1.06. The lowest BCUT2D eigenvalue weighted by molar-refractivity contribution is -0.467. The molecule has 0 heterocycles. The summed E-state index contributed by atoms with van der Waals surface area (Å²) in [5.41, 5.74) is 0. The van der Waals surface area contributed by atoms with Gasteiger partial charge in [0.1, 0.15) is 0 Å². The molecule has 0 rings (SSSR count). The Kier molecular flexibility index (Phi) is 4.45. The van der Waals surface area contributed by atoms with Gasteiger partial charge in [0.05, 0.1) is 28.2 Å². The van der Waals surface area contributed by atoms with Crippen LogP contribution in [0.5, 0.6) is 0 Å². The van der Waals surface area contributed by atoms with E-state index in [0.717, 1.165) is 11.7 Å². The minimum absolute atomic E-state index is 0.981. The molecule has 0 aromatic rings. The third-order valence-corrected chi connectivity index (χ3v) is 1.68. The van der Waals surface area contributed by atoms with Gasteiger partial charge in [-0.1, -0.05) is 0 Å². The smallest absolute Gasteiger partial charge is 0.314 e. The number of nitrogens with zero attached hydrogens (tertiary/aromatic N) is 4. The lowest BCUT2D eigenvalue weighted by atomic mass is 10.4. The van der Waals surface area contributed by atoms with E-state index in [1.54, 1.807) is 0 Å². The van der Waals surface area contributed by atoms with Crippen LogP contribution in [-0.2, 0) is 0 Å². The van der Waals surface area contributed by atoms with E-state index in [1.165, 1.54) is 0 Å². The summed E-state index contributed by atoms with van der Waals surface area (Å²) in [6.45, 7) is 0. The highest BCUT2D eigenvalue weighted by molar-refractivity contribution is 6.37. The highest BCUT2D eigenvalue weighted by Gasteiger charge is 2.20. The van der Waals surface area contributed by atoms with Crippen LogP contribution in [0, 0.1) is 0 Å². The fourth-order valence-corrected chi connectivity index (χ4v) is 1.30. The molecule has 0 aliphatic heterocycles. The summed E-state index contributed by atoms with van der Waals surface area (Å²) in [6, 6.07) is 0. The minimum Gasteiger partial charge on any atom is -0.356 e. The molecule has 0 N–H and O–H groups in total. The summed E-state index contributed by atoms with van der Waals surface area (Å²) >= 11 is 0. The molecule has 0 radical (unpaired) electrons. The van der Waals surface area contributed by atoms with Crippen LogP contribution in [0.25, 0.3) is 0 Å². The number of hydrogen-bond donors (Lipinski definition) is 0. The molecule has 0 aromatic heterocycles. The van der Waals surface area contributed by atoms with E-state index in [0.29, 0.717) is 0 Å². The normalized spacial score (nSPS) is 11.2. The van der Waals surface area contributed by atoms with E-state index < -0.39 is 0 Å². The molecular weight excluding hydrogens is 164 g/mol. The molecule has 0 spiro atoms. The van der Waals surface area contributed by atoms with E-state index in [1.807, 2.05) is 54.2 Å². The quantitative estimate of drug-likeness (QED) is 0.296. The molecule has 0 aromatic carbocycles. The number of rotatable bonds is 0. The van der Waals surface area contributed by atoms with Gasteiger partial charge in [0, 0.05) is 21.1 Å². The zero-order valence-corrected chi connectivity index (χ0v) is 9.79. The van der Waals surface area contributed by atoms with Crippen LogP contribution < -0.4 is 0 Å². The molecule has 0 bridgehead atoms. The second-order valence-corrected chi connectivity index (χ2v) is 3.55. The summed E-state index contributed by atoms with van der Waals surface area (Å²) in [5, 5.41) is 0. The fourth-order valence-electron chi connectivity index (χ4n) is 1.30. The first-order valence-corrected chi connectivity index (χ1v) is 4.27. The molecule has 76 valence electrons. The van der Waals surface area contributed by atoms with Crippen molar-refractivity contribution in [1.29, 1.82) is 0 Å². The average molecular weight is 185 g/mol. The summed E-state index contributed by atoms with van der Waals surface area (Å²) < 4.78 is 2.06. The molecule has 0 saturated heterocycles. The largest absolute Gasteiger partial charge is 0.356 e. The Morgan fingerprint density at radius 1 is 1.00 bits per heavy atom. The van der Waals surface area contributed by atoms with Crippen molar-refractivity contribution in [2.24, 2.45) is 4.99 Å². The molecule has 0 aliphatic carbocycles. The van der Waals surface area contributed by atoms with Crippen LogP contribution in [0.1, 0.15) is 0 Å². The Labute approximate surface area is 81.2 Å². The zero-order chi connectivity index (χ0) is 10.6. The second-order valence-electron chi connectivity index (χ2n) is 3.55. The molecule has 0 fully saturated rings. The molecule has 0 unspecified atom stereocenters. The lowest BCUT2D eigenvalue weighted by Gasteiger charge is -2.18. The van der Waals surface area contributed by atoms with Crippen molar-refractivity contribution < 1.29 is 4.58 Å². The maximum atomic E-state index is 4.25. The van der Waals surface area contributed by atoms with Gasteiger partial charge in [-0.15, -0.1) is 0 Å². The van der Waals surface area contributed by atoms with Crippen LogP contribution in [0.2, 0.25) is 0 Å². The van der Waals surface area contributed by atoms with E-state index in [9.17, 15) is 0 Å². The Balaban J connectivity index is 5.08. The Morgan fingerprint density at radius 3 is 1.54 bits per heavy atom. The standard InChI is InChI=1S/C9H21N4/c1-10-8(11(2)3)9(12(4)5)13(6)7/h1-7H3/q+1/b10-8+. The topological polar surface area (TPSA) is 21.9 Å². The van der Waals surface area contributed by atoms with Gasteiger partial charge in [-0.2, -0.15) is 0 Å². The molecule has 0 saturated carbocycles. The van der Waals surface area contributed by atoms with Crippen molar-refractivity contribution in [1.82, 2.24) is 9.80 Å². The van der Waals surface area contributed by atoms with Gasteiger partial charge in [-0.05, 0) is 0 Å². The van der Waals surface area contributed by atoms with Gasteiger partial charge in [0.25, 0.3) is 0 Å². The summed E-state index contributed by atoms with van der Waals surface area (Å²) in [5.74, 6) is 2.09. The summed E-state index contributed by atoms with van der Waals surface area (Å²) in [6.07, 6.45) is 0. The first-order valence-electron chi connectivity index (χ1n) is 4.27. The van der Waals surface area contributed by atoms with Crippen LogP contribution in [-0.4, -0.2) is 75.4 Å². The SMILES string of the molecule is C/N=C(\C(N(C)C)=[N+](C)C)N(C)C. The van der Waals surface area contributed by atoms with Crippen molar-refractivity contribution >= 4 is 11.7 Å². The van der Waals surface area contributed by atoms with Crippen molar-refractivity contribution in [3.63, 3.8) is 0 Å². The van der Waals surface area contributed by atoms with Gasteiger partial charge >= 0.3 is 5.84 Å². The number of likely N-dealkylation sites (N-methyl/N-ethyl adjacent to an activating group) is 2. The molecule has 4 nitrogen and oxygen atoms in total. The van der Waals surface area contributed by atoms with Gasteiger partial charge in [0.15, 0.2) is 0 Å². The zero-order valence-electron chi connectivity index (χ0n) is 9.79. The van der Waals surface area contributed by atoms with Gasteiger partial charge < -0.3 is 4.90 Å². The van der Waals surface area contributed by atoms with Gasteiger partial charge in [-0.3, -0.25) is 14.5 Å².